The van der Waals surface area contributed by atoms with E-state index in [1.54, 1.807) is 6.20 Å². The molecular weight excluding hydrogens is 232 g/mol. The van der Waals surface area contributed by atoms with E-state index >= 15 is 0 Å². The zero-order chi connectivity index (χ0) is 12.3. The van der Waals surface area contributed by atoms with E-state index in [2.05, 4.69) is 18.0 Å². The van der Waals surface area contributed by atoms with Gasteiger partial charge < -0.3 is 0 Å². The second-order valence-electron chi connectivity index (χ2n) is 5.07. The van der Waals surface area contributed by atoms with Crippen LogP contribution in [0.1, 0.15) is 38.2 Å². The highest BCUT2D eigenvalue weighted by molar-refractivity contribution is 6.29. The van der Waals surface area contributed by atoms with Crippen LogP contribution in [0, 0.1) is 22.7 Å². The summed E-state index contributed by atoms with van der Waals surface area (Å²) in [5.41, 5.74) is 0.953. The first-order valence-electron chi connectivity index (χ1n) is 6.19. The zero-order valence-electron chi connectivity index (χ0n) is 10.1. The summed E-state index contributed by atoms with van der Waals surface area (Å²) >= 11 is 5.88. The van der Waals surface area contributed by atoms with Crippen LogP contribution in [-0.4, -0.2) is 4.98 Å². The molecule has 0 spiro atoms. The highest BCUT2D eigenvalue weighted by Crippen LogP contribution is 2.44. The van der Waals surface area contributed by atoms with Gasteiger partial charge in [0.2, 0.25) is 0 Å². The number of pyridine rings is 1. The first-order chi connectivity index (χ1) is 8.17. The molecule has 2 unspecified atom stereocenters. The van der Waals surface area contributed by atoms with Crippen molar-refractivity contribution in [2.75, 3.05) is 0 Å². The van der Waals surface area contributed by atoms with Gasteiger partial charge in [0.1, 0.15) is 5.15 Å². The average molecular weight is 249 g/mol. The average Bonchev–Trinajstić information content (AvgIpc) is 2.73. The van der Waals surface area contributed by atoms with Crippen molar-refractivity contribution in [1.82, 2.24) is 4.98 Å². The fourth-order valence-electron chi connectivity index (χ4n) is 2.83. The van der Waals surface area contributed by atoms with Gasteiger partial charge in [-0.1, -0.05) is 24.9 Å². The van der Waals surface area contributed by atoms with Gasteiger partial charge in [-0.25, -0.2) is 4.98 Å². The molecule has 2 rings (SSSR count). The van der Waals surface area contributed by atoms with Crippen molar-refractivity contribution in [3.63, 3.8) is 0 Å². The molecule has 17 heavy (non-hydrogen) atoms. The number of nitrogens with zero attached hydrogens (tertiary/aromatic N) is 2. The summed E-state index contributed by atoms with van der Waals surface area (Å²) < 4.78 is 0. The molecule has 1 fully saturated rings. The molecule has 1 aliphatic carbocycles. The van der Waals surface area contributed by atoms with Crippen molar-refractivity contribution < 1.29 is 0 Å². The lowest BCUT2D eigenvalue weighted by molar-refractivity contribution is 0.381. The van der Waals surface area contributed by atoms with Crippen LogP contribution in [0.2, 0.25) is 5.15 Å². The van der Waals surface area contributed by atoms with Crippen LogP contribution < -0.4 is 0 Å². The van der Waals surface area contributed by atoms with Gasteiger partial charge in [0, 0.05) is 6.20 Å². The molecule has 0 aliphatic heterocycles. The molecule has 0 N–H and O–H groups in total. The quantitative estimate of drug-likeness (QED) is 0.759. The Kier molecular flexibility index (Phi) is 3.69. The topological polar surface area (TPSA) is 36.7 Å². The number of hydrogen-bond acceptors (Lipinski definition) is 2. The summed E-state index contributed by atoms with van der Waals surface area (Å²) in [4.78, 5) is 3.98. The number of aromatic nitrogens is 1. The summed E-state index contributed by atoms with van der Waals surface area (Å²) in [5, 5.41) is 9.98. The van der Waals surface area contributed by atoms with Gasteiger partial charge in [0.25, 0.3) is 0 Å². The number of rotatable bonds is 3. The Bertz CT molecular complexity index is 438. The van der Waals surface area contributed by atoms with Crippen molar-refractivity contribution in [3.8, 4) is 6.07 Å². The van der Waals surface area contributed by atoms with Crippen LogP contribution in [0.5, 0.6) is 0 Å². The van der Waals surface area contributed by atoms with Crippen LogP contribution in [0.3, 0.4) is 0 Å². The minimum absolute atomic E-state index is 0.175. The molecule has 2 atom stereocenters. The minimum Gasteiger partial charge on any atom is -0.245 e. The Morgan fingerprint density at radius 2 is 2.47 bits per heavy atom. The molecule has 1 saturated carbocycles. The molecule has 0 bridgehead atoms. The van der Waals surface area contributed by atoms with E-state index in [1.807, 2.05) is 12.1 Å². The summed E-state index contributed by atoms with van der Waals surface area (Å²) in [6.45, 7) is 2.21. The Morgan fingerprint density at radius 1 is 1.65 bits per heavy atom. The third kappa shape index (κ3) is 2.79. The van der Waals surface area contributed by atoms with Crippen LogP contribution in [0.15, 0.2) is 18.3 Å². The fraction of sp³-hybridized carbons (Fsp3) is 0.571. The molecular formula is C14H17ClN2. The molecule has 1 aliphatic rings. The highest BCUT2D eigenvalue weighted by atomic mass is 35.5. The van der Waals surface area contributed by atoms with Gasteiger partial charge in [-0.2, -0.15) is 5.26 Å². The highest BCUT2D eigenvalue weighted by Gasteiger charge is 2.38. The zero-order valence-corrected chi connectivity index (χ0v) is 10.9. The normalized spacial score (nSPS) is 27.9. The van der Waals surface area contributed by atoms with Gasteiger partial charge in [0.05, 0.1) is 11.5 Å². The second-order valence-corrected chi connectivity index (χ2v) is 5.46. The molecule has 0 saturated heterocycles. The Hall–Kier alpha value is -1.07. The van der Waals surface area contributed by atoms with Gasteiger partial charge in [0.15, 0.2) is 0 Å². The Balaban J connectivity index is 2.14. The predicted molar refractivity (Wildman–Crippen MR) is 68.6 cm³/mol. The fourth-order valence-corrected chi connectivity index (χ4v) is 3.03. The van der Waals surface area contributed by atoms with Crippen molar-refractivity contribution in [2.24, 2.45) is 11.3 Å². The predicted octanol–water partition coefficient (Wildman–Crippen LogP) is 4.00. The third-order valence-electron chi connectivity index (χ3n) is 3.86. The number of hydrogen-bond donors (Lipinski definition) is 0. The van der Waals surface area contributed by atoms with Crippen LogP contribution in [-0.2, 0) is 6.42 Å². The van der Waals surface area contributed by atoms with E-state index in [4.69, 9.17) is 11.6 Å². The smallest absolute Gasteiger partial charge is 0.129 e. The standard InChI is InChI=1S/C14H17ClN2/c1-2-11-3-5-14(8-11,10-16)9-12-4-6-17-13(15)7-12/h4,6-7,11H,2-3,5,8-9H2,1H3. The molecule has 0 aromatic carbocycles. The Labute approximate surface area is 108 Å². The first kappa shape index (κ1) is 12.4. The molecule has 0 radical (unpaired) electrons. The maximum Gasteiger partial charge on any atom is 0.129 e. The van der Waals surface area contributed by atoms with Crippen molar-refractivity contribution in [1.29, 1.82) is 5.26 Å². The van der Waals surface area contributed by atoms with Crippen LogP contribution in [0.4, 0.5) is 0 Å². The van der Waals surface area contributed by atoms with Crippen LogP contribution >= 0.6 is 11.6 Å². The van der Waals surface area contributed by atoms with E-state index in [1.165, 1.54) is 12.8 Å². The van der Waals surface area contributed by atoms with Crippen molar-refractivity contribution in [2.45, 2.75) is 39.0 Å². The Morgan fingerprint density at radius 3 is 3.06 bits per heavy atom. The molecule has 3 heteroatoms. The van der Waals surface area contributed by atoms with Gasteiger partial charge in [-0.3, -0.25) is 0 Å². The monoisotopic (exact) mass is 248 g/mol. The van der Waals surface area contributed by atoms with Gasteiger partial charge in [-0.05, 0) is 49.3 Å². The minimum atomic E-state index is -0.175. The van der Waals surface area contributed by atoms with E-state index < -0.39 is 0 Å². The molecule has 0 amide bonds. The number of halogens is 1. The lowest BCUT2D eigenvalue weighted by atomic mass is 9.81. The largest absolute Gasteiger partial charge is 0.245 e. The van der Waals surface area contributed by atoms with E-state index in [0.717, 1.165) is 24.8 Å². The maximum absolute atomic E-state index is 9.46. The summed E-state index contributed by atoms with van der Waals surface area (Å²) in [6, 6.07) is 6.38. The summed E-state index contributed by atoms with van der Waals surface area (Å²) in [7, 11) is 0. The SMILES string of the molecule is CCC1CCC(C#N)(Cc2ccnc(Cl)c2)C1. The van der Waals surface area contributed by atoms with Crippen molar-refractivity contribution >= 4 is 11.6 Å². The lowest BCUT2D eigenvalue weighted by Gasteiger charge is -2.20. The summed E-state index contributed by atoms with van der Waals surface area (Å²) in [6.07, 6.45) is 6.93. The molecule has 1 aromatic heterocycles. The second kappa shape index (κ2) is 5.06. The molecule has 90 valence electrons. The lowest BCUT2D eigenvalue weighted by Crippen LogP contribution is -2.18. The maximum atomic E-state index is 9.46. The molecule has 1 heterocycles. The third-order valence-corrected chi connectivity index (χ3v) is 4.07. The first-order valence-corrected chi connectivity index (χ1v) is 6.57. The van der Waals surface area contributed by atoms with Crippen LogP contribution in [0.25, 0.3) is 0 Å². The van der Waals surface area contributed by atoms with Crippen molar-refractivity contribution in [3.05, 3.63) is 29.0 Å². The van der Waals surface area contributed by atoms with E-state index in [9.17, 15) is 5.26 Å². The summed E-state index contributed by atoms with van der Waals surface area (Å²) in [5.74, 6) is 0.715. The molecule has 2 nitrogen and oxygen atoms in total. The van der Waals surface area contributed by atoms with Gasteiger partial charge in [-0.15, -0.1) is 0 Å². The van der Waals surface area contributed by atoms with E-state index in [0.29, 0.717) is 11.1 Å². The van der Waals surface area contributed by atoms with E-state index in [-0.39, 0.29) is 5.41 Å². The number of nitriles is 1. The molecule has 1 aromatic rings. The van der Waals surface area contributed by atoms with Gasteiger partial charge >= 0.3 is 0 Å².